The first kappa shape index (κ1) is 17.7. The lowest BCUT2D eigenvalue weighted by Crippen LogP contribution is -2.50. The van der Waals surface area contributed by atoms with Crippen LogP contribution in [0, 0.1) is 0 Å². The summed E-state index contributed by atoms with van der Waals surface area (Å²) in [6.45, 7) is 2.79. The van der Waals surface area contributed by atoms with E-state index in [4.69, 9.17) is 9.84 Å². The largest absolute Gasteiger partial charge is 0.480 e. The quantitative estimate of drug-likeness (QED) is 0.594. The molecule has 0 saturated carbocycles. The summed E-state index contributed by atoms with van der Waals surface area (Å²) in [6.07, 6.45) is 2.59. The van der Waals surface area contributed by atoms with E-state index >= 15 is 0 Å². The number of ether oxygens (including phenoxy) is 1. The van der Waals surface area contributed by atoms with E-state index in [9.17, 15) is 18.0 Å². The van der Waals surface area contributed by atoms with Crippen LogP contribution in [0.4, 0.5) is 4.79 Å². The molecule has 0 aromatic carbocycles. The molecule has 0 aromatic heterocycles. The summed E-state index contributed by atoms with van der Waals surface area (Å²) < 4.78 is 27.6. The molecule has 1 heterocycles. The Morgan fingerprint density at radius 2 is 2.10 bits per heavy atom. The third-order valence-electron chi connectivity index (χ3n) is 3.30. The smallest absolute Gasteiger partial charge is 0.326 e. The molecule has 3 N–H and O–H groups in total. The van der Waals surface area contributed by atoms with Crippen LogP contribution in [0.25, 0.3) is 0 Å². The molecule has 0 aliphatic carbocycles. The van der Waals surface area contributed by atoms with Crippen LogP contribution in [0.1, 0.15) is 26.2 Å². The first-order chi connectivity index (χ1) is 9.61. The molecule has 1 rings (SSSR count). The number of hydrogen-bond donors (Lipinski definition) is 3. The predicted octanol–water partition coefficient (Wildman–Crippen LogP) is -0.257. The van der Waals surface area contributed by atoms with Gasteiger partial charge in [-0.3, -0.25) is 0 Å². The lowest BCUT2D eigenvalue weighted by molar-refractivity contribution is -0.139. The fourth-order valence-corrected chi connectivity index (χ4v) is 2.71. The van der Waals surface area contributed by atoms with Gasteiger partial charge in [0, 0.05) is 19.4 Å². The van der Waals surface area contributed by atoms with Gasteiger partial charge in [-0.25, -0.2) is 18.0 Å². The van der Waals surface area contributed by atoms with Crippen LogP contribution in [0.3, 0.4) is 0 Å². The fraction of sp³-hybridized carbons (Fsp3) is 0.833. The molecule has 2 unspecified atom stereocenters. The van der Waals surface area contributed by atoms with Gasteiger partial charge in [-0.15, -0.1) is 0 Å². The van der Waals surface area contributed by atoms with Crippen LogP contribution in [0.2, 0.25) is 0 Å². The molecule has 9 heteroatoms. The van der Waals surface area contributed by atoms with E-state index in [0.29, 0.717) is 6.61 Å². The first-order valence-corrected chi connectivity index (χ1v) is 8.76. The molecule has 8 nitrogen and oxygen atoms in total. The first-order valence-electron chi connectivity index (χ1n) is 6.70. The summed E-state index contributed by atoms with van der Waals surface area (Å²) in [4.78, 5) is 22.7. The van der Waals surface area contributed by atoms with Gasteiger partial charge in [-0.05, 0) is 26.2 Å². The number of carboxylic acids is 1. The molecule has 1 saturated heterocycles. The maximum atomic E-state index is 11.7. The van der Waals surface area contributed by atoms with Crippen LogP contribution in [0.5, 0.6) is 0 Å². The molecule has 2 amide bonds. The molecule has 0 radical (unpaired) electrons. The molecular weight excluding hydrogens is 300 g/mol. The number of urea groups is 1. The van der Waals surface area contributed by atoms with Crippen molar-refractivity contribution in [3.63, 3.8) is 0 Å². The summed E-state index contributed by atoms with van der Waals surface area (Å²) in [5.74, 6) is -1.57. The second kappa shape index (κ2) is 7.08. The zero-order valence-corrected chi connectivity index (χ0v) is 13.0. The fourth-order valence-electron chi connectivity index (χ4n) is 2.04. The highest BCUT2D eigenvalue weighted by Gasteiger charge is 2.30. The second-order valence-corrected chi connectivity index (χ2v) is 7.80. The number of aliphatic carboxylic acids is 1. The van der Waals surface area contributed by atoms with Crippen molar-refractivity contribution in [3.8, 4) is 0 Å². The summed E-state index contributed by atoms with van der Waals surface area (Å²) in [7, 11) is -3.28. The van der Waals surface area contributed by atoms with E-state index in [2.05, 4.69) is 10.6 Å². The highest BCUT2D eigenvalue weighted by molar-refractivity contribution is 7.90. The zero-order valence-electron chi connectivity index (χ0n) is 12.2. The molecule has 2 atom stereocenters. The van der Waals surface area contributed by atoms with Gasteiger partial charge in [-0.1, -0.05) is 0 Å². The molecule has 122 valence electrons. The van der Waals surface area contributed by atoms with E-state index < -0.39 is 33.5 Å². The number of rotatable bonds is 7. The van der Waals surface area contributed by atoms with E-state index in [-0.39, 0.29) is 18.7 Å². The number of amides is 2. The lowest BCUT2D eigenvalue weighted by atomic mass is 10.0. The predicted molar refractivity (Wildman–Crippen MR) is 75.9 cm³/mol. The molecule has 0 spiro atoms. The van der Waals surface area contributed by atoms with E-state index in [1.807, 2.05) is 6.92 Å². The SMILES string of the molecule is CC1(CNC(=O)NC(CCS(C)(=O)=O)C(=O)O)CCCO1. The van der Waals surface area contributed by atoms with E-state index in [0.717, 1.165) is 19.1 Å². The summed E-state index contributed by atoms with van der Waals surface area (Å²) in [5.41, 5.74) is -0.428. The topological polar surface area (TPSA) is 122 Å². The van der Waals surface area contributed by atoms with E-state index in [1.165, 1.54) is 0 Å². The number of hydrogen-bond acceptors (Lipinski definition) is 5. The van der Waals surface area contributed by atoms with Crippen molar-refractivity contribution < 1.29 is 27.9 Å². The molecular formula is C12H22N2O6S. The van der Waals surface area contributed by atoms with Crippen molar-refractivity contribution in [2.24, 2.45) is 0 Å². The van der Waals surface area contributed by atoms with Crippen molar-refractivity contribution in [2.75, 3.05) is 25.2 Å². The van der Waals surface area contributed by atoms with E-state index in [1.54, 1.807) is 0 Å². The van der Waals surface area contributed by atoms with Gasteiger partial charge in [0.2, 0.25) is 0 Å². The molecule has 21 heavy (non-hydrogen) atoms. The van der Waals surface area contributed by atoms with Gasteiger partial charge in [-0.2, -0.15) is 0 Å². The van der Waals surface area contributed by atoms with Crippen molar-refractivity contribution in [3.05, 3.63) is 0 Å². The Kier molecular flexibility index (Phi) is 5.97. The maximum absolute atomic E-state index is 11.7. The number of sulfone groups is 1. The van der Waals surface area contributed by atoms with Gasteiger partial charge >= 0.3 is 12.0 Å². The summed E-state index contributed by atoms with van der Waals surface area (Å²) >= 11 is 0. The minimum Gasteiger partial charge on any atom is -0.480 e. The zero-order chi connectivity index (χ0) is 16.1. The Balaban J connectivity index is 2.43. The van der Waals surface area contributed by atoms with Crippen LogP contribution < -0.4 is 10.6 Å². The van der Waals surface area contributed by atoms with Crippen molar-refractivity contribution in [1.29, 1.82) is 0 Å². The maximum Gasteiger partial charge on any atom is 0.326 e. The Morgan fingerprint density at radius 1 is 1.43 bits per heavy atom. The Labute approximate surface area is 124 Å². The van der Waals surface area contributed by atoms with Gasteiger partial charge in [0.05, 0.1) is 11.4 Å². The van der Waals surface area contributed by atoms with Gasteiger partial charge < -0.3 is 20.5 Å². The molecule has 0 bridgehead atoms. The Morgan fingerprint density at radius 3 is 2.57 bits per heavy atom. The highest BCUT2D eigenvalue weighted by Crippen LogP contribution is 2.23. The Hall–Kier alpha value is -1.35. The molecule has 0 aromatic rings. The van der Waals surface area contributed by atoms with Crippen molar-refractivity contribution in [1.82, 2.24) is 10.6 Å². The standard InChI is InChI=1S/C12H22N2O6S/c1-12(5-3-6-20-12)8-13-11(17)14-9(10(15)16)4-7-21(2,18)19/h9H,3-8H2,1-2H3,(H,15,16)(H2,13,14,17). The lowest BCUT2D eigenvalue weighted by Gasteiger charge is -2.24. The highest BCUT2D eigenvalue weighted by atomic mass is 32.2. The van der Waals surface area contributed by atoms with Crippen molar-refractivity contribution >= 4 is 21.8 Å². The number of nitrogens with one attached hydrogen (secondary N) is 2. The van der Waals surface area contributed by atoms with Gasteiger partial charge in [0.1, 0.15) is 15.9 Å². The van der Waals surface area contributed by atoms with Gasteiger partial charge in [0.25, 0.3) is 0 Å². The third kappa shape index (κ3) is 6.76. The number of carbonyl (C=O) groups excluding carboxylic acids is 1. The summed E-state index contributed by atoms with van der Waals surface area (Å²) in [5, 5.41) is 13.8. The van der Waals surface area contributed by atoms with Crippen LogP contribution >= 0.6 is 0 Å². The Bertz CT molecular complexity index is 484. The minimum atomic E-state index is -3.28. The monoisotopic (exact) mass is 322 g/mol. The second-order valence-electron chi connectivity index (χ2n) is 5.54. The third-order valence-corrected chi connectivity index (χ3v) is 4.28. The molecule has 1 fully saturated rings. The number of carbonyl (C=O) groups is 2. The van der Waals surface area contributed by atoms with Crippen molar-refractivity contribution in [2.45, 2.75) is 37.8 Å². The van der Waals surface area contributed by atoms with Crippen LogP contribution in [-0.4, -0.2) is 62.3 Å². The number of carboxylic acid groups (broad SMARTS) is 1. The summed E-state index contributed by atoms with van der Waals surface area (Å²) in [6, 6.07) is -1.88. The van der Waals surface area contributed by atoms with Crippen LogP contribution in [-0.2, 0) is 19.4 Å². The minimum absolute atomic E-state index is 0.171. The average molecular weight is 322 g/mol. The normalized spacial score (nSPS) is 23.5. The molecule has 1 aliphatic rings. The average Bonchev–Trinajstić information content (AvgIpc) is 2.78. The van der Waals surface area contributed by atoms with Crippen LogP contribution in [0.15, 0.2) is 0 Å². The molecule has 1 aliphatic heterocycles. The van der Waals surface area contributed by atoms with Gasteiger partial charge in [0.15, 0.2) is 0 Å².